The van der Waals surface area contributed by atoms with Gasteiger partial charge in [0.05, 0.1) is 24.1 Å². The van der Waals surface area contributed by atoms with E-state index in [1.54, 1.807) is 0 Å². The van der Waals surface area contributed by atoms with E-state index in [0.717, 1.165) is 24.3 Å². The molecule has 146 valence electrons. The first kappa shape index (κ1) is 19.6. The van der Waals surface area contributed by atoms with E-state index < -0.39 is 0 Å². The fraction of sp³-hybridized carbons (Fsp3) is 0.524. The van der Waals surface area contributed by atoms with Crippen molar-refractivity contribution in [3.63, 3.8) is 0 Å². The number of benzene rings is 1. The Morgan fingerprint density at radius 2 is 1.96 bits per heavy atom. The molecule has 2 heterocycles. The van der Waals surface area contributed by atoms with Crippen LogP contribution in [0.1, 0.15) is 32.8 Å². The maximum atomic E-state index is 12.2. The van der Waals surface area contributed by atoms with Crippen LogP contribution in [0.4, 0.5) is 0 Å². The van der Waals surface area contributed by atoms with Gasteiger partial charge in [-0.1, -0.05) is 18.2 Å². The Balaban J connectivity index is 1.41. The van der Waals surface area contributed by atoms with E-state index in [4.69, 9.17) is 4.74 Å². The van der Waals surface area contributed by atoms with E-state index in [2.05, 4.69) is 36.1 Å². The summed E-state index contributed by atoms with van der Waals surface area (Å²) < 4.78 is 7.62. The second-order valence-electron chi connectivity index (χ2n) is 7.49. The molecule has 3 atom stereocenters. The van der Waals surface area contributed by atoms with Gasteiger partial charge >= 0.3 is 0 Å². The minimum absolute atomic E-state index is 0.0867. The van der Waals surface area contributed by atoms with E-state index in [-0.39, 0.29) is 18.1 Å². The van der Waals surface area contributed by atoms with Crippen molar-refractivity contribution < 1.29 is 9.53 Å². The Morgan fingerprint density at radius 3 is 2.67 bits per heavy atom. The van der Waals surface area contributed by atoms with Gasteiger partial charge in [-0.3, -0.25) is 9.69 Å². The van der Waals surface area contributed by atoms with Crippen molar-refractivity contribution in [1.82, 2.24) is 20.0 Å². The van der Waals surface area contributed by atoms with Crippen molar-refractivity contribution in [1.29, 1.82) is 0 Å². The van der Waals surface area contributed by atoms with Crippen LogP contribution in [0.5, 0.6) is 0 Å². The third kappa shape index (κ3) is 5.65. The van der Waals surface area contributed by atoms with E-state index in [0.29, 0.717) is 25.4 Å². The Morgan fingerprint density at radius 1 is 1.26 bits per heavy atom. The van der Waals surface area contributed by atoms with Crippen molar-refractivity contribution in [3.8, 4) is 5.69 Å². The predicted octanol–water partition coefficient (Wildman–Crippen LogP) is 2.42. The molecule has 0 aliphatic carbocycles. The standard InChI is InChI=1S/C21H30N4O2/c1-16(24-13-17(2)27-18(3)14-24)11-22-21(26)10-9-19-12-23-25(15-19)20-7-5-4-6-8-20/h4-8,12,15-18H,9-11,13-14H2,1-3H3,(H,22,26)/t16-,17-,18-/m1/s1. The molecule has 0 spiro atoms. The highest BCUT2D eigenvalue weighted by molar-refractivity contribution is 5.76. The normalized spacial score (nSPS) is 21.7. The van der Waals surface area contributed by atoms with Gasteiger partial charge in [0.25, 0.3) is 0 Å². The lowest BCUT2D eigenvalue weighted by molar-refractivity contribution is -0.121. The quantitative estimate of drug-likeness (QED) is 0.813. The summed E-state index contributed by atoms with van der Waals surface area (Å²) in [6, 6.07) is 10.3. The van der Waals surface area contributed by atoms with Crippen molar-refractivity contribution >= 4 is 5.91 Å². The number of hydrogen-bond acceptors (Lipinski definition) is 4. The van der Waals surface area contributed by atoms with Gasteiger partial charge in [0.2, 0.25) is 5.91 Å². The van der Waals surface area contributed by atoms with E-state index in [1.165, 1.54) is 0 Å². The number of nitrogens with one attached hydrogen (secondary N) is 1. The van der Waals surface area contributed by atoms with E-state index in [9.17, 15) is 4.79 Å². The molecule has 0 bridgehead atoms. The molecule has 0 saturated carbocycles. The molecular weight excluding hydrogens is 340 g/mol. The Bertz CT molecular complexity index is 721. The molecule has 27 heavy (non-hydrogen) atoms. The minimum atomic E-state index is 0.0867. The summed E-state index contributed by atoms with van der Waals surface area (Å²) in [5, 5.41) is 7.45. The zero-order valence-electron chi connectivity index (χ0n) is 16.5. The summed E-state index contributed by atoms with van der Waals surface area (Å²) in [4.78, 5) is 14.6. The van der Waals surface area contributed by atoms with E-state index >= 15 is 0 Å². The highest BCUT2D eigenvalue weighted by Crippen LogP contribution is 2.13. The van der Waals surface area contributed by atoms with Crippen LogP contribution in [0.3, 0.4) is 0 Å². The first-order chi connectivity index (χ1) is 13.0. The highest BCUT2D eigenvalue weighted by Gasteiger charge is 2.25. The Hall–Kier alpha value is -2.18. The van der Waals surface area contributed by atoms with Gasteiger partial charge in [-0.15, -0.1) is 0 Å². The van der Waals surface area contributed by atoms with Gasteiger partial charge in [-0.05, 0) is 44.9 Å². The number of hydrogen-bond donors (Lipinski definition) is 1. The average Bonchev–Trinajstić information content (AvgIpc) is 3.13. The van der Waals surface area contributed by atoms with Crippen LogP contribution in [-0.2, 0) is 16.0 Å². The Labute approximate surface area is 161 Å². The van der Waals surface area contributed by atoms with Gasteiger partial charge in [0, 0.05) is 38.3 Å². The molecule has 1 aromatic heterocycles. The summed E-state index contributed by atoms with van der Waals surface area (Å²) in [6.07, 6.45) is 5.48. The van der Waals surface area contributed by atoms with Crippen LogP contribution >= 0.6 is 0 Å². The monoisotopic (exact) mass is 370 g/mol. The van der Waals surface area contributed by atoms with Gasteiger partial charge in [-0.2, -0.15) is 5.10 Å². The maximum Gasteiger partial charge on any atom is 0.220 e. The SMILES string of the molecule is C[C@@H]1CN([C@H](C)CNC(=O)CCc2cnn(-c3ccccc3)c2)C[C@@H](C)O1. The van der Waals surface area contributed by atoms with Crippen LogP contribution in [0.25, 0.3) is 5.69 Å². The molecule has 6 nitrogen and oxygen atoms in total. The molecule has 0 radical (unpaired) electrons. The molecule has 1 aromatic carbocycles. The second kappa shape index (κ2) is 9.15. The van der Waals surface area contributed by atoms with Gasteiger partial charge in [0.1, 0.15) is 0 Å². The molecule has 0 unspecified atom stereocenters. The van der Waals surface area contributed by atoms with Crippen molar-refractivity contribution in [3.05, 3.63) is 48.3 Å². The molecular formula is C21H30N4O2. The zero-order chi connectivity index (χ0) is 19.2. The smallest absolute Gasteiger partial charge is 0.220 e. The predicted molar refractivity (Wildman–Crippen MR) is 106 cm³/mol. The topological polar surface area (TPSA) is 59.4 Å². The molecule has 1 amide bonds. The number of morpholine rings is 1. The summed E-state index contributed by atoms with van der Waals surface area (Å²) in [5.74, 6) is 0.0867. The number of aromatic nitrogens is 2. The summed E-state index contributed by atoms with van der Waals surface area (Å²) >= 11 is 0. The second-order valence-corrected chi connectivity index (χ2v) is 7.49. The largest absolute Gasteiger partial charge is 0.373 e. The molecule has 1 fully saturated rings. The Kier molecular flexibility index (Phi) is 6.63. The molecule has 1 saturated heterocycles. The number of nitrogens with zero attached hydrogens (tertiary/aromatic N) is 3. The number of rotatable bonds is 7. The fourth-order valence-electron chi connectivity index (χ4n) is 3.53. The van der Waals surface area contributed by atoms with Gasteiger partial charge in [-0.25, -0.2) is 4.68 Å². The number of aryl methyl sites for hydroxylation is 1. The average molecular weight is 370 g/mol. The third-order valence-electron chi connectivity index (χ3n) is 4.96. The summed E-state index contributed by atoms with van der Waals surface area (Å²) in [7, 11) is 0. The van der Waals surface area contributed by atoms with Crippen molar-refractivity contribution in [2.45, 2.75) is 51.9 Å². The van der Waals surface area contributed by atoms with Crippen molar-refractivity contribution in [2.75, 3.05) is 19.6 Å². The van der Waals surface area contributed by atoms with Crippen LogP contribution in [0.15, 0.2) is 42.7 Å². The number of carbonyl (C=O) groups excluding carboxylic acids is 1. The first-order valence-electron chi connectivity index (χ1n) is 9.76. The van der Waals surface area contributed by atoms with Crippen LogP contribution in [0, 0.1) is 0 Å². The zero-order valence-corrected chi connectivity index (χ0v) is 16.5. The van der Waals surface area contributed by atoms with E-state index in [1.807, 2.05) is 47.4 Å². The third-order valence-corrected chi connectivity index (χ3v) is 4.96. The van der Waals surface area contributed by atoms with Gasteiger partial charge in [0.15, 0.2) is 0 Å². The lowest BCUT2D eigenvalue weighted by Gasteiger charge is -2.39. The molecule has 1 aliphatic rings. The van der Waals surface area contributed by atoms with Crippen LogP contribution in [0.2, 0.25) is 0 Å². The van der Waals surface area contributed by atoms with Gasteiger partial charge < -0.3 is 10.1 Å². The number of ether oxygens (including phenoxy) is 1. The molecule has 2 aromatic rings. The number of amides is 1. The number of para-hydroxylation sites is 1. The number of carbonyl (C=O) groups is 1. The van der Waals surface area contributed by atoms with Crippen LogP contribution in [-0.4, -0.2) is 58.5 Å². The van der Waals surface area contributed by atoms with Crippen molar-refractivity contribution in [2.24, 2.45) is 0 Å². The lowest BCUT2D eigenvalue weighted by Crippen LogP contribution is -2.52. The fourth-order valence-corrected chi connectivity index (χ4v) is 3.53. The lowest BCUT2D eigenvalue weighted by atomic mass is 10.1. The highest BCUT2D eigenvalue weighted by atomic mass is 16.5. The summed E-state index contributed by atoms with van der Waals surface area (Å²) in [5.41, 5.74) is 2.09. The maximum absolute atomic E-state index is 12.2. The molecule has 6 heteroatoms. The molecule has 1 N–H and O–H groups in total. The minimum Gasteiger partial charge on any atom is -0.373 e. The summed E-state index contributed by atoms with van der Waals surface area (Å²) in [6.45, 7) is 8.86. The molecule has 1 aliphatic heterocycles. The van der Waals surface area contributed by atoms with Crippen LogP contribution < -0.4 is 5.32 Å². The molecule has 3 rings (SSSR count). The first-order valence-corrected chi connectivity index (χ1v) is 9.76.